The predicted molar refractivity (Wildman–Crippen MR) is 29.0 cm³/mol. The topological polar surface area (TPSA) is 14.1 Å². The largest absolute Gasteiger partial charge is 1.00 e. The monoisotopic (exact) mass is 93.1 g/mol. The minimum absolute atomic E-state index is 0. The maximum atomic E-state index is 4.02. The molecule has 0 unspecified atom stereocenters. The molecule has 0 aliphatic rings. The van der Waals surface area contributed by atoms with Crippen LogP contribution in [0.1, 0.15) is 20.8 Å². The van der Waals surface area contributed by atoms with Crippen molar-refractivity contribution in [3.8, 4) is 0 Å². The van der Waals surface area contributed by atoms with Gasteiger partial charge in [0.15, 0.2) is 0 Å². The molecule has 0 aliphatic heterocycles. The maximum absolute atomic E-state index is 4.02. The summed E-state index contributed by atoms with van der Waals surface area (Å²) in [7, 11) is 1.83. The van der Waals surface area contributed by atoms with Crippen LogP contribution in [0.5, 0.6) is 0 Å². The van der Waals surface area contributed by atoms with Crippen LogP contribution >= 0.6 is 0 Å². The molecular formula is C5H12LiN. The zero-order chi connectivity index (χ0) is 5.21. The Balaban J connectivity index is 0. The van der Waals surface area contributed by atoms with Crippen LogP contribution < -0.4 is 18.9 Å². The van der Waals surface area contributed by atoms with Gasteiger partial charge in [-0.05, 0) is 0 Å². The first-order chi connectivity index (χ1) is 2.56. The minimum Gasteiger partial charge on any atom is -0.660 e. The Morgan fingerprint density at radius 2 is 1.29 bits per heavy atom. The summed E-state index contributed by atoms with van der Waals surface area (Å²) in [5, 5.41) is 4.02. The summed E-state index contributed by atoms with van der Waals surface area (Å²) in [6.07, 6.45) is 0. The van der Waals surface area contributed by atoms with E-state index in [-0.39, 0.29) is 24.4 Å². The third kappa shape index (κ3) is 10.8. The SMILES string of the molecule is C[N-]C(C)(C)C.[Li+]. The first-order valence-electron chi connectivity index (χ1n) is 2.17. The van der Waals surface area contributed by atoms with E-state index in [1.807, 2.05) is 7.05 Å². The van der Waals surface area contributed by atoms with E-state index in [2.05, 4.69) is 26.1 Å². The summed E-state index contributed by atoms with van der Waals surface area (Å²) in [4.78, 5) is 0. The molecule has 0 aromatic heterocycles. The van der Waals surface area contributed by atoms with E-state index in [4.69, 9.17) is 0 Å². The van der Waals surface area contributed by atoms with Crippen molar-refractivity contribution in [2.24, 2.45) is 0 Å². The van der Waals surface area contributed by atoms with Gasteiger partial charge in [-0.1, -0.05) is 20.8 Å². The summed E-state index contributed by atoms with van der Waals surface area (Å²) in [6.45, 7) is 6.23. The zero-order valence-electron chi connectivity index (χ0n) is 5.95. The van der Waals surface area contributed by atoms with Crippen LogP contribution in [0.4, 0.5) is 0 Å². The summed E-state index contributed by atoms with van der Waals surface area (Å²) in [6, 6.07) is 0. The van der Waals surface area contributed by atoms with Crippen molar-refractivity contribution in [3.05, 3.63) is 5.32 Å². The summed E-state index contributed by atoms with van der Waals surface area (Å²) >= 11 is 0. The molecule has 0 rings (SSSR count). The minimum atomic E-state index is 0. The number of rotatable bonds is 0. The molecule has 0 spiro atoms. The van der Waals surface area contributed by atoms with Crippen molar-refractivity contribution >= 4 is 0 Å². The van der Waals surface area contributed by atoms with Crippen molar-refractivity contribution in [2.75, 3.05) is 7.05 Å². The Kier molecular flexibility index (Phi) is 5.33. The van der Waals surface area contributed by atoms with Gasteiger partial charge in [-0.25, -0.2) is 0 Å². The first kappa shape index (κ1) is 10.5. The Morgan fingerprint density at radius 1 is 1.14 bits per heavy atom. The van der Waals surface area contributed by atoms with Crippen LogP contribution in [0.25, 0.3) is 5.32 Å². The summed E-state index contributed by atoms with van der Waals surface area (Å²) in [5.41, 5.74) is 0.167. The molecule has 0 bridgehead atoms. The van der Waals surface area contributed by atoms with E-state index in [0.717, 1.165) is 0 Å². The summed E-state index contributed by atoms with van der Waals surface area (Å²) < 4.78 is 0. The van der Waals surface area contributed by atoms with Crippen molar-refractivity contribution in [2.45, 2.75) is 26.3 Å². The molecule has 0 aliphatic carbocycles. The third-order valence-corrected chi connectivity index (χ3v) is 0.671. The van der Waals surface area contributed by atoms with Gasteiger partial charge in [0.05, 0.1) is 0 Å². The second kappa shape index (κ2) is 3.55. The molecule has 2 heteroatoms. The van der Waals surface area contributed by atoms with Gasteiger partial charge >= 0.3 is 18.9 Å². The number of nitrogens with zero attached hydrogens (tertiary/aromatic N) is 1. The number of hydrogen-bond acceptors (Lipinski definition) is 0. The molecule has 7 heavy (non-hydrogen) atoms. The molecule has 0 aromatic carbocycles. The van der Waals surface area contributed by atoms with E-state index in [0.29, 0.717) is 0 Å². The molecule has 0 heterocycles. The van der Waals surface area contributed by atoms with Crippen LogP contribution in [0.15, 0.2) is 0 Å². The van der Waals surface area contributed by atoms with E-state index < -0.39 is 0 Å². The van der Waals surface area contributed by atoms with E-state index in [1.165, 1.54) is 0 Å². The Hall–Kier alpha value is 0.557. The van der Waals surface area contributed by atoms with Gasteiger partial charge in [0, 0.05) is 0 Å². The van der Waals surface area contributed by atoms with Crippen LogP contribution in [-0.4, -0.2) is 12.6 Å². The molecule has 0 radical (unpaired) electrons. The third-order valence-electron chi connectivity index (χ3n) is 0.671. The smallest absolute Gasteiger partial charge is 0.660 e. The Labute approximate surface area is 58.0 Å². The molecule has 0 amide bonds. The van der Waals surface area contributed by atoms with E-state index in [1.54, 1.807) is 0 Å². The van der Waals surface area contributed by atoms with Crippen LogP contribution in [0.3, 0.4) is 0 Å². The maximum Gasteiger partial charge on any atom is 1.00 e. The van der Waals surface area contributed by atoms with Crippen molar-refractivity contribution in [1.82, 2.24) is 0 Å². The van der Waals surface area contributed by atoms with Crippen LogP contribution in [0.2, 0.25) is 0 Å². The Bertz CT molecular complexity index is 37.8. The zero-order valence-corrected chi connectivity index (χ0v) is 5.95. The van der Waals surface area contributed by atoms with Crippen molar-refractivity contribution < 1.29 is 18.9 Å². The fourth-order valence-electron chi connectivity index (χ4n) is 0. The average Bonchev–Trinajstić information content (AvgIpc) is 1.35. The van der Waals surface area contributed by atoms with Gasteiger partial charge in [0.2, 0.25) is 0 Å². The second-order valence-electron chi connectivity index (χ2n) is 2.39. The molecule has 0 fully saturated rings. The fraction of sp³-hybridized carbons (Fsp3) is 1.00. The van der Waals surface area contributed by atoms with Gasteiger partial charge in [-0.15, -0.1) is 5.54 Å². The molecule has 38 valence electrons. The molecule has 1 nitrogen and oxygen atoms in total. The molecular weight excluding hydrogens is 81.0 g/mol. The molecule has 0 N–H and O–H groups in total. The molecule has 0 saturated carbocycles. The molecule has 0 saturated heterocycles. The second-order valence-corrected chi connectivity index (χ2v) is 2.39. The van der Waals surface area contributed by atoms with Crippen LogP contribution in [0, 0.1) is 0 Å². The molecule has 0 atom stereocenters. The van der Waals surface area contributed by atoms with E-state index in [9.17, 15) is 0 Å². The normalized spacial score (nSPS) is 10.3. The summed E-state index contributed by atoms with van der Waals surface area (Å²) in [5.74, 6) is 0. The Morgan fingerprint density at radius 3 is 1.29 bits per heavy atom. The molecule has 0 aromatic rings. The average molecular weight is 93.1 g/mol. The van der Waals surface area contributed by atoms with Gasteiger partial charge in [-0.2, -0.15) is 7.05 Å². The fourth-order valence-corrected chi connectivity index (χ4v) is 0. The number of hydrogen-bond donors (Lipinski definition) is 0. The van der Waals surface area contributed by atoms with Gasteiger partial charge in [0.25, 0.3) is 0 Å². The van der Waals surface area contributed by atoms with Crippen molar-refractivity contribution in [1.29, 1.82) is 0 Å². The van der Waals surface area contributed by atoms with Gasteiger partial charge < -0.3 is 5.32 Å². The van der Waals surface area contributed by atoms with Gasteiger partial charge in [0.1, 0.15) is 0 Å². The van der Waals surface area contributed by atoms with E-state index >= 15 is 0 Å². The predicted octanol–water partition coefficient (Wildman–Crippen LogP) is -1.21. The first-order valence-corrected chi connectivity index (χ1v) is 2.17. The standard InChI is InChI=1S/C5H12N.Li/c1-5(2,3)6-4;/h1-4H3;/q-1;+1. The quantitative estimate of drug-likeness (QED) is 0.334. The van der Waals surface area contributed by atoms with Gasteiger partial charge in [-0.3, -0.25) is 0 Å². The van der Waals surface area contributed by atoms with Crippen LogP contribution in [-0.2, 0) is 0 Å². The van der Waals surface area contributed by atoms with Crippen molar-refractivity contribution in [3.63, 3.8) is 0 Å².